The third-order valence-corrected chi connectivity index (χ3v) is 5.66. The van der Waals surface area contributed by atoms with Crippen LogP contribution in [0.5, 0.6) is 0 Å². The van der Waals surface area contributed by atoms with Gasteiger partial charge in [0.2, 0.25) is 5.91 Å². The Balaban J connectivity index is 1.28. The molecule has 1 unspecified atom stereocenters. The van der Waals surface area contributed by atoms with Gasteiger partial charge in [-0.15, -0.1) is 0 Å². The topological polar surface area (TPSA) is 105 Å². The Bertz CT molecular complexity index is 1000. The molecule has 0 saturated carbocycles. The van der Waals surface area contributed by atoms with Gasteiger partial charge in [0.05, 0.1) is 13.2 Å². The second-order valence-corrected chi connectivity index (χ2v) is 7.57. The fourth-order valence-electron chi connectivity index (χ4n) is 4.12. The van der Waals surface area contributed by atoms with Gasteiger partial charge in [-0.2, -0.15) is 0 Å². The number of carbonyl (C=O) groups is 3. The van der Waals surface area contributed by atoms with Crippen LogP contribution in [0.3, 0.4) is 0 Å². The number of ether oxygens (including phenoxy) is 2. The van der Waals surface area contributed by atoms with Crippen LogP contribution in [0, 0.1) is 0 Å². The first-order valence-corrected chi connectivity index (χ1v) is 10.4. The highest BCUT2D eigenvalue weighted by Gasteiger charge is 2.31. The number of carboxylic acid groups (broad SMARTS) is 1. The number of aliphatic carboxylic acids is 1. The smallest absolute Gasteiger partial charge is 0.407 e. The molecular formula is C24H24N2O6. The van der Waals surface area contributed by atoms with Crippen LogP contribution >= 0.6 is 0 Å². The largest absolute Gasteiger partial charge is 0.480 e. The summed E-state index contributed by atoms with van der Waals surface area (Å²) in [5.41, 5.74) is 4.57. The predicted molar refractivity (Wildman–Crippen MR) is 116 cm³/mol. The highest BCUT2D eigenvalue weighted by Crippen LogP contribution is 2.44. The molecule has 2 amide bonds. The van der Waals surface area contributed by atoms with E-state index in [1.165, 1.54) is 17.1 Å². The zero-order chi connectivity index (χ0) is 22.5. The predicted octanol–water partition coefficient (Wildman–Crippen LogP) is 2.39. The highest BCUT2D eigenvalue weighted by atomic mass is 16.5. The average molecular weight is 436 g/mol. The Morgan fingerprint density at radius 1 is 1.09 bits per heavy atom. The van der Waals surface area contributed by atoms with Crippen LogP contribution in [0.4, 0.5) is 4.79 Å². The van der Waals surface area contributed by atoms with E-state index in [1.807, 2.05) is 36.4 Å². The van der Waals surface area contributed by atoms with Crippen LogP contribution in [0.25, 0.3) is 11.1 Å². The Morgan fingerprint density at radius 2 is 1.75 bits per heavy atom. The van der Waals surface area contributed by atoms with E-state index in [0.29, 0.717) is 6.61 Å². The fourth-order valence-corrected chi connectivity index (χ4v) is 4.12. The lowest BCUT2D eigenvalue weighted by molar-refractivity contribution is -0.156. The van der Waals surface area contributed by atoms with Crippen LogP contribution in [-0.2, 0) is 19.1 Å². The van der Waals surface area contributed by atoms with E-state index in [0.717, 1.165) is 22.3 Å². The molecular weight excluding hydrogens is 412 g/mol. The molecule has 8 nitrogen and oxygen atoms in total. The molecule has 4 rings (SSSR count). The standard InChI is InChI=1S/C24H24N2O6/c27-22(26-12-13-31-15-21(26)23(28)29)10-5-11-25-24(30)32-14-20-18-8-3-1-6-16(18)17-7-2-4-9-19(17)20/h1-10,20-21H,11-15H2,(H,25,30)(H,28,29)/b10-5+. The van der Waals surface area contributed by atoms with Crippen LogP contribution < -0.4 is 5.32 Å². The molecule has 2 aromatic carbocycles. The summed E-state index contributed by atoms with van der Waals surface area (Å²) in [6.07, 6.45) is 2.14. The molecule has 1 aliphatic carbocycles. The summed E-state index contributed by atoms with van der Waals surface area (Å²) < 4.78 is 10.6. The summed E-state index contributed by atoms with van der Waals surface area (Å²) in [4.78, 5) is 36.9. The van der Waals surface area contributed by atoms with Gasteiger partial charge in [0.25, 0.3) is 0 Å². The van der Waals surface area contributed by atoms with Crippen LogP contribution in [0.15, 0.2) is 60.7 Å². The first kappa shape index (κ1) is 21.6. The number of rotatable bonds is 6. The molecule has 0 bridgehead atoms. The van der Waals surface area contributed by atoms with Gasteiger partial charge < -0.3 is 24.8 Å². The number of nitrogens with zero attached hydrogens (tertiary/aromatic N) is 1. The highest BCUT2D eigenvalue weighted by molar-refractivity contribution is 5.91. The summed E-state index contributed by atoms with van der Waals surface area (Å²) in [6, 6.07) is 15.2. The minimum absolute atomic E-state index is 0.0282. The van der Waals surface area contributed by atoms with E-state index in [4.69, 9.17) is 9.47 Å². The van der Waals surface area contributed by atoms with Gasteiger partial charge in [-0.1, -0.05) is 54.6 Å². The lowest BCUT2D eigenvalue weighted by atomic mass is 9.98. The number of nitrogens with one attached hydrogen (secondary N) is 1. The number of alkyl carbamates (subject to hydrolysis) is 1. The fraction of sp³-hybridized carbons (Fsp3) is 0.292. The maximum absolute atomic E-state index is 12.3. The molecule has 1 aliphatic heterocycles. The van der Waals surface area contributed by atoms with Crippen molar-refractivity contribution < 1.29 is 29.0 Å². The number of hydrogen-bond donors (Lipinski definition) is 2. The van der Waals surface area contributed by atoms with E-state index in [-0.39, 0.29) is 32.2 Å². The van der Waals surface area contributed by atoms with Gasteiger partial charge in [-0.3, -0.25) is 4.79 Å². The minimum atomic E-state index is -1.11. The average Bonchev–Trinajstić information content (AvgIpc) is 3.14. The number of carboxylic acids is 1. The monoisotopic (exact) mass is 436 g/mol. The molecule has 2 aliphatic rings. The summed E-state index contributed by atoms with van der Waals surface area (Å²) >= 11 is 0. The molecule has 2 N–H and O–H groups in total. The molecule has 0 aromatic heterocycles. The number of benzene rings is 2. The van der Waals surface area contributed by atoms with E-state index in [9.17, 15) is 19.5 Å². The van der Waals surface area contributed by atoms with Crippen molar-refractivity contribution in [2.45, 2.75) is 12.0 Å². The molecule has 166 valence electrons. The van der Waals surface area contributed by atoms with Crippen molar-refractivity contribution in [1.82, 2.24) is 10.2 Å². The second-order valence-electron chi connectivity index (χ2n) is 7.57. The van der Waals surface area contributed by atoms with Crippen molar-refractivity contribution in [3.63, 3.8) is 0 Å². The zero-order valence-corrected chi connectivity index (χ0v) is 17.4. The number of morpholine rings is 1. The normalized spacial score (nSPS) is 17.6. The van der Waals surface area contributed by atoms with Crippen molar-refractivity contribution in [3.8, 4) is 11.1 Å². The first-order chi connectivity index (χ1) is 15.6. The molecule has 0 spiro atoms. The SMILES string of the molecule is O=C(NC/C=C/C(=O)N1CCOCC1C(=O)O)OCC1c2ccccc2-c2ccccc21. The number of hydrogen-bond acceptors (Lipinski definition) is 5. The van der Waals surface area contributed by atoms with Gasteiger partial charge in [0, 0.05) is 25.1 Å². The van der Waals surface area contributed by atoms with Gasteiger partial charge in [0.1, 0.15) is 6.61 Å². The Kier molecular flexibility index (Phi) is 6.51. The van der Waals surface area contributed by atoms with E-state index in [2.05, 4.69) is 17.4 Å². The van der Waals surface area contributed by atoms with Crippen molar-refractivity contribution in [1.29, 1.82) is 0 Å². The van der Waals surface area contributed by atoms with Crippen molar-refractivity contribution in [2.24, 2.45) is 0 Å². The molecule has 8 heteroatoms. The summed E-state index contributed by atoms with van der Waals surface area (Å²) in [6.45, 7) is 0.759. The zero-order valence-electron chi connectivity index (χ0n) is 17.4. The summed E-state index contributed by atoms with van der Waals surface area (Å²) in [5, 5.41) is 11.8. The van der Waals surface area contributed by atoms with Crippen molar-refractivity contribution >= 4 is 18.0 Å². The van der Waals surface area contributed by atoms with Crippen LogP contribution in [-0.4, -0.2) is 66.9 Å². The lowest BCUT2D eigenvalue weighted by Crippen LogP contribution is -2.52. The van der Waals surface area contributed by atoms with Gasteiger partial charge in [-0.25, -0.2) is 9.59 Å². The molecule has 0 radical (unpaired) electrons. The van der Waals surface area contributed by atoms with Gasteiger partial charge >= 0.3 is 12.1 Å². The maximum Gasteiger partial charge on any atom is 0.407 e. The number of carbonyl (C=O) groups excluding carboxylic acids is 2. The lowest BCUT2D eigenvalue weighted by Gasteiger charge is -2.31. The third kappa shape index (κ3) is 4.50. The van der Waals surface area contributed by atoms with E-state index < -0.39 is 24.0 Å². The van der Waals surface area contributed by atoms with Gasteiger partial charge in [0.15, 0.2) is 6.04 Å². The Labute approximate surface area is 185 Å². The molecule has 32 heavy (non-hydrogen) atoms. The molecule has 1 atom stereocenters. The van der Waals surface area contributed by atoms with Crippen molar-refractivity contribution in [2.75, 3.05) is 32.9 Å². The van der Waals surface area contributed by atoms with Crippen LogP contribution in [0.1, 0.15) is 17.0 Å². The quantitative estimate of drug-likeness (QED) is 0.674. The summed E-state index contributed by atoms with van der Waals surface area (Å²) in [5.74, 6) is -1.57. The van der Waals surface area contributed by atoms with E-state index in [1.54, 1.807) is 0 Å². The van der Waals surface area contributed by atoms with Gasteiger partial charge in [-0.05, 0) is 22.3 Å². The Morgan fingerprint density at radius 3 is 2.41 bits per heavy atom. The first-order valence-electron chi connectivity index (χ1n) is 10.4. The minimum Gasteiger partial charge on any atom is -0.480 e. The maximum atomic E-state index is 12.3. The Hall–Kier alpha value is -3.65. The second kappa shape index (κ2) is 9.65. The van der Waals surface area contributed by atoms with Crippen molar-refractivity contribution in [3.05, 3.63) is 71.8 Å². The third-order valence-electron chi connectivity index (χ3n) is 5.66. The molecule has 2 aromatic rings. The molecule has 1 saturated heterocycles. The van der Waals surface area contributed by atoms with E-state index >= 15 is 0 Å². The van der Waals surface area contributed by atoms with Crippen LogP contribution in [0.2, 0.25) is 0 Å². The number of fused-ring (bicyclic) bond motifs is 3. The number of amides is 2. The molecule has 1 fully saturated rings. The molecule has 1 heterocycles. The summed E-state index contributed by atoms with van der Waals surface area (Å²) in [7, 11) is 0.